The van der Waals surface area contributed by atoms with E-state index in [1.54, 1.807) is 6.07 Å². The van der Waals surface area contributed by atoms with Gasteiger partial charge in [-0.05, 0) is 68.1 Å². The molecule has 20 heavy (non-hydrogen) atoms. The lowest BCUT2D eigenvalue weighted by atomic mass is 9.96. The lowest BCUT2D eigenvalue weighted by molar-refractivity contribution is 0.628. The molecule has 0 heterocycles. The Morgan fingerprint density at radius 1 is 1.00 bits per heavy atom. The van der Waals surface area contributed by atoms with Crippen LogP contribution in [0.4, 0.5) is 10.1 Å². The quantitative estimate of drug-likeness (QED) is 0.778. The number of nitrogens with one attached hydrogen (secondary N) is 1. The van der Waals surface area contributed by atoms with Crippen LogP contribution in [0.1, 0.15) is 35.2 Å². The minimum Gasteiger partial charge on any atom is -0.377 e. The first-order chi connectivity index (χ1) is 9.38. The zero-order valence-corrected chi connectivity index (χ0v) is 13.0. The molecule has 1 N–H and O–H groups in total. The predicted octanol–water partition coefficient (Wildman–Crippen LogP) is 5.58. The summed E-state index contributed by atoms with van der Waals surface area (Å²) in [6.45, 7) is 8.40. The van der Waals surface area contributed by atoms with Crippen LogP contribution < -0.4 is 5.32 Å². The van der Waals surface area contributed by atoms with Gasteiger partial charge in [0.1, 0.15) is 5.82 Å². The largest absolute Gasteiger partial charge is 0.377 e. The lowest BCUT2D eigenvalue weighted by Crippen LogP contribution is -2.09. The molecule has 0 aliphatic carbocycles. The molecule has 0 bridgehead atoms. The summed E-state index contributed by atoms with van der Waals surface area (Å²) in [6, 6.07) is 8.90. The summed E-state index contributed by atoms with van der Waals surface area (Å²) in [4.78, 5) is 0. The second-order valence-corrected chi connectivity index (χ2v) is 5.69. The molecule has 2 aromatic rings. The summed E-state index contributed by atoms with van der Waals surface area (Å²) in [5.41, 5.74) is 5.78. The third-order valence-corrected chi connectivity index (χ3v) is 3.96. The number of benzene rings is 2. The molecule has 2 rings (SSSR count). The van der Waals surface area contributed by atoms with Gasteiger partial charge in [-0.3, -0.25) is 0 Å². The first-order valence-corrected chi connectivity index (χ1v) is 7.05. The Hall–Kier alpha value is -1.54. The van der Waals surface area contributed by atoms with E-state index in [4.69, 9.17) is 11.6 Å². The van der Waals surface area contributed by atoms with Crippen LogP contribution in [0, 0.1) is 26.6 Å². The predicted molar refractivity (Wildman–Crippen MR) is 84.1 cm³/mol. The molecule has 0 aliphatic heterocycles. The van der Waals surface area contributed by atoms with Crippen molar-refractivity contribution in [3.63, 3.8) is 0 Å². The fourth-order valence-corrected chi connectivity index (χ4v) is 2.59. The second-order valence-electron chi connectivity index (χ2n) is 5.28. The van der Waals surface area contributed by atoms with Gasteiger partial charge in [0.25, 0.3) is 0 Å². The first-order valence-electron chi connectivity index (χ1n) is 6.68. The van der Waals surface area contributed by atoms with Crippen molar-refractivity contribution in [2.45, 2.75) is 33.7 Å². The van der Waals surface area contributed by atoms with Crippen LogP contribution >= 0.6 is 11.6 Å². The average molecular weight is 292 g/mol. The highest BCUT2D eigenvalue weighted by Crippen LogP contribution is 2.29. The van der Waals surface area contributed by atoms with Gasteiger partial charge < -0.3 is 5.32 Å². The molecule has 1 atom stereocenters. The monoisotopic (exact) mass is 291 g/mol. The third-order valence-electron chi connectivity index (χ3n) is 3.65. The maximum Gasteiger partial charge on any atom is 0.124 e. The Morgan fingerprint density at radius 3 is 2.30 bits per heavy atom. The summed E-state index contributed by atoms with van der Waals surface area (Å²) in [6.07, 6.45) is 0. The van der Waals surface area contributed by atoms with E-state index in [1.807, 2.05) is 0 Å². The number of halogens is 2. The van der Waals surface area contributed by atoms with Crippen molar-refractivity contribution in [3.05, 3.63) is 63.4 Å². The van der Waals surface area contributed by atoms with Crippen molar-refractivity contribution in [2.24, 2.45) is 0 Å². The van der Waals surface area contributed by atoms with Gasteiger partial charge >= 0.3 is 0 Å². The van der Waals surface area contributed by atoms with E-state index in [0.29, 0.717) is 5.02 Å². The molecule has 2 aromatic carbocycles. The summed E-state index contributed by atoms with van der Waals surface area (Å²) in [7, 11) is 0. The molecule has 0 amide bonds. The minimum atomic E-state index is -0.324. The summed E-state index contributed by atoms with van der Waals surface area (Å²) < 4.78 is 13.1. The highest BCUT2D eigenvalue weighted by molar-refractivity contribution is 6.33. The molecule has 0 saturated carbocycles. The van der Waals surface area contributed by atoms with Crippen LogP contribution in [0.5, 0.6) is 0 Å². The lowest BCUT2D eigenvalue weighted by Gasteiger charge is -2.20. The zero-order valence-electron chi connectivity index (χ0n) is 12.2. The number of hydrogen-bond donors (Lipinski definition) is 1. The zero-order chi connectivity index (χ0) is 14.9. The first kappa shape index (κ1) is 14.9. The van der Waals surface area contributed by atoms with Crippen LogP contribution in [0.25, 0.3) is 0 Å². The maximum atomic E-state index is 13.1. The van der Waals surface area contributed by atoms with Gasteiger partial charge in [-0.15, -0.1) is 0 Å². The van der Waals surface area contributed by atoms with Crippen molar-refractivity contribution in [1.29, 1.82) is 0 Å². The van der Waals surface area contributed by atoms with Crippen molar-refractivity contribution in [1.82, 2.24) is 0 Å². The molecule has 0 aromatic heterocycles. The Bertz CT molecular complexity index is 637. The van der Waals surface area contributed by atoms with Crippen molar-refractivity contribution >= 4 is 17.3 Å². The fraction of sp³-hybridized carbons (Fsp3) is 0.294. The van der Waals surface area contributed by atoms with Crippen LogP contribution in [-0.4, -0.2) is 0 Å². The third kappa shape index (κ3) is 3.13. The van der Waals surface area contributed by atoms with E-state index >= 15 is 0 Å². The van der Waals surface area contributed by atoms with Crippen molar-refractivity contribution < 1.29 is 4.39 Å². The standard InChI is InChI=1S/C17H19ClFN/c1-10-7-12(3)15(8-11(10)2)13(4)20-17-6-5-14(19)9-16(17)18/h5-9,13,20H,1-4H3. The molecule has 1 unspecified atom stereocenters. The van der Waals surface area contributed by atoms with Gasteiger partial charge in [0.05, 0.1) is 10.7 Å². The Morgan fingerprint density at radius 2 is 1.65 bits per heavy atom. The van der Waals surface area contributed by atoms with Gasteiger partial charge in [0.2, 0.25) is 0 Å². The van der Waals surface area contributed by atoms with Gasteiger partial charge in [0.15, 0.2) is 0 Å². The van der Waals surface area contributed by atoms with E-state index < -0.39 is 0 Å². The highest BCUT2D eigenvalue weighted by atomic mass is 35.5. The maximum absolute atomic E-state index is 13.1. The van der Waals surface area contributed by atoms with E-state index in [0.717, 1.165) is 5.69 Å². The highest BCUT2D eigenvalue weighted by Gasteiger charge is 2.12. The van der Waals surface area contributed by atoms with Gasteiger partial charge in [-0.25, -0.2) is 4.39 Å². The SMILES string of the molecule is Cc1cc(C)c(C(C)Nc2ccc(F)cc2Cl)cc1C. The minimum absolute atomic E-state index is 0.109. The average Bonchev–Trinajstić information content (AvgIpc) is 2.37. The molecule has 0 aliphatic rings. The Kier molecular flexibility index (Phi) is 4.34. The molecular formula is C17H19ClFN. The normalized spacial score (nSPS) is 12.3. The second kappa shape index (κ2) is 5.84. The van der Waals surface area contributed by atoms with Crippen LogP contribution in [-0.2, 0) is 0 Å². The summed E-state index contributed by atoms with van der Waals surface area (Å²) in [5.74, 6) is -0.324. The molecule has 0 fully saturated rings. The molecule has 0 saturated heterocycles. The van der Waals surface area contributed by atoms with E-state index in [2.05, 4.69) is 45.1 Å². The topological polar surface area (TPSA) is 12.0 Å². The van der Waals surface area contributed by atoms with Gasteiger partial charge in [0, 0.05) is 6.04 Å². The fourth-order valence-electron chi connectivity index (χ4n) is 2.37. The van der Waals surface area contributed by atoms with Crippen molar-refractivity contribution in [2.75, 3.05) is 5.32 Å². The van der Waals surface area contributed by atoms with Gasteiger partial charge in [-0.1, -0.05) is 23.7 Å². The summed E-state index contributed by atoms with van der Waals surface area (Å²) in [5, 5.41) is 3.74. The van der Waals surface area contributed by atoms with Crippen LogP contribution in [0.2, 0.25) is 5.02 Å². The molecule has 1 nitrogen and oxygen atoms in total. The molecule has 3 heteroatoms. The van der Waals surface area contributed by atoms with Crippen molar-refractivity contribution in [3.8, 4) is 0 Å². The smallest absolute Gasteiger partial charge is 0.124 e. The van der Waals surface area contributed by atoms with E-state index in [1.165, 1.54) is 34.4 Å². The Labute approximate surface area is 124 Å². The molecule has 0 radical (unpaired) electrons. The Balaban J connectivity index is 2.28. The van der Waals surface area contributed by atoms with Crippen LogP contribution in [0.3, 0.4) is 0 Å². The van der Waals surface area contributed by atoms with E-state index in [-0.39, 0.29) is 11.9 Å². The van der Waals surface area contributed by atoms with E-state index in [9.17, 15) is 4.39 Å². The molecule has 0 spiro atoms. The number of aryl methyl sites for hydroxylation is 3. The molecule has 106 valence electrons. The number of hydrogen-bond acceptors (Lipinski definition) is 1. The van der Waals surface area contributed by atoms with Gasteiger partial charge in [-0.2, -0.15) is 0 Å². The van der Waals surface area contributed by atoms with Crippen LogP contribution in [0.15, 0.2) is 30.3 Å². The summed E-state index contributed by atoms with van der Waals surface area (Å²) >= 11 is 6.05. The number of rotatable bonds is 3. The molecular weight excluding hydrogens is 273 g/mol. The number of anilines is 1.